The van der Waals surface area contributed by atoms with Crippen LogP contribution in [-0.2, 0) is 6.42 Å². The van der Waals surface area contributed by atoms with Crippen molar-refractivity contribution in [2.24, 2.45) is 5.84 Å². The molecule has 1 aliphatic carbocycles. The molecule has 0 bridgehead atoms. The summed E-state index contributed by atoms with van der Waals surface area (Å²) in [6.45, 7) is 0. The van der Waals surface area contributed by atoms with Crippen molar-refractivity contribution in [1.29, 1.82) is 0 Å². The van der Waals surface area contributed by atoms with E-state index in [2.05, 4.69) is 29.7 Å². The summed E-state index contributed by atoms with van der Waals surface area (Å²) >= 11 is 6.11. The Labute approximate surface area is 130 Å². The van der Waals surface area contributed by atoms with Crippen molar-refractivity contribution < 1.29 is 4.74 Å². The molecule has 3 nitrogen and oxygen atoms in total. The van der Waals surface area contributed by atoms with Crippen molar-refractivity contribution in [1.82, 2.24) is 5.43 Å². The zero-order valence-electron chi connectivity index (χ0n) is 12.0. The van der Waals surface area contributed by atoms with Crippen LogP contribution in [0.4, 0.5) is 0 Å². The molecule has 0 aromatic heterocycles. The maximum absolute atomic E-state index is 6.11. The van der Waals surface area contributed by atoms with E-state index in [4.69, 9.17) is 22.2 Å². The van der Waals surface area contributed by atoms with Gasteiger partial charge in [0.15, 0.2) is 0 Å². The van der Waals surface area contributed by atoms with Gasteiger partial charge in [-0.15, -0.1) is 0 Å². The SMILES string of the molecule is COc1cc(C(NN)C2CCc3ccccc32)ccc1Cl. The number of aryl methyl sites for hydroxylation is 1. The Kier molecular flexibility index (Phi) is 4.15. The molecule has 0 saturated carbocycles. The molecule has 21 heavy (non-hydrogen) atoms. The number of methoxy groups -OCH3 is 1. The Balaban J connectivity index is 1.96. The second kappa shape index (κ2) is 6.06. The molecule has 0 aliphatic heterocycles. The summed E-state index contributed by atoms with van der Waals surface area (Å²) in [7, 11) is 1.63. The predicted molar refractivity (Wildman–Crippen MR) is 85.6 cm³/mol. The molecule has 3 rings (SSSR count). The molecule has 0 spiro atoms. The van der Waals surface area contributed by atoms with Crippen LogP contribution in [0.5, 0.6) is 5.75 Å². The third-order valence-corrected chi connectivity index (χ3v) is 4.61. The van der Waals surface area contributed by atoms with Crippen LogP contribution >= 0.6 is 11.6 Å². The Morgan fingerprint density at radius 2 is 2.10 bits per heavy atom. The maximum Gasteiger partial charge on any atom is 0.137 e. The van der Waals surface area contributed by atoms with E-state index in [-0.39, 0.29) is 6.04 Å². The van der Waals surface area contributed by atoms with Crippen molar-refractivity contribution in [3.63, 3.8) is 0 Å². The minimum Gasteiger partial charge on any atom is -0.495 e. The number of hydrogen-bond donors (Lipinski definition) is 2. The first kappa shape index (κ1) is 14.4. The average Bonchev–Trinajstić information content (AvgIpc) is 2.94. The highest BCUT2D eigenvalue weighted by molar-refractivity contribution is 6.32. The largest absolute Gasteiger partial charge is 0.495 e. The Morgan fingerprint density at radius 1 is 1.29 bits per heavy atom. The highest BCUT2D eigenvalue weighted by atomic mass is 35.5. The quantitative estimate of drug-likeness (QED) is 0.670. The average molecular weight is 303 g/mol. The molecule has 2 aromatic rings. The van der Waals surface area contributed by atoms with Gasteiger partial charge in [-0.2, -0.15) is 0 Å². The first-order valence-corrected chi connectivity index (χ1v) is 7.49. The molecule has 0 fully saturated rings. The minimum absolute atomic E-state index is 0.0554. The molecule has 2 aromatic carbocycles. The lowest BCUT2D eigenvalue weighted by molar-refractivity contribution is 0.410. The van der Waals surface area contributed by atoms with Gasteiger partial charge in [-0.25, -0.2) is 0 Å². The first-order valence-electron chi connectivity index (χ1n) is 7.12. The van der Waals surface area contributed by atoms with E-state index in [1.54, 1.807) is 7.11 Å². The standard InChI is InChI=1S/C17H19ClN2O/c1-21-16-10-12(7-9-15(16)18)17(20-19)14-8-6-11-4-2-3-5-13(11)14/h2-5,7,9-10,14,17,20H,6,8,19H2,1H3. The Morgan fingerprint density at radius 3 is 2.86 bits per heavy atom. The fourth-order valence-corrected chi connectivity index (χ4v) is 3.45. The molecule has 2 atom stereocenters. The first-order chi connectivity index (χ1) is 10.2. The molecule has 0 amide bonds. The lowest BCUT2D eigenvalue weighted by Gasteiger charge is -2.24. The van der Waals surface area contributed by atoms with Gasteiger partial charge < -0.3 is 4.74 Å². The summed E-state index contributed by atoms with van der Waals surface area (Å²) in [4.78, 5) is 0. The van der Waals surface area contributed by atoms with Crippen LogP contribution in [0.1, 0.15) is 35.1 Å². The number of rotatable bonds is 4. The van der Waals surface area contributed by atoms with Crippen molar-refractivity contribution in [3.8, 4) is 5.75 Å². The van der Waals surface area contributed by atoms with Crippen LogP contribution in [0.15, 0.2) is 42.5 Å². The van der Waals surface area contributed by atoms with E-state index in [9.17, 15) is 0 Å². The predicted octanol–water partition coefficient (Wildman–Crippen LogP) is 3.58. The highest BCUT2D eigenvalue weighted by Crippen LogP contribution is 2.42. The van der Waals surface area contributed by atoms with E-state index in [1.807, 2.05) is 18.2 Å². The van der Waals surface area contributed by atoms with E-state index < -0.39 is 0 Å². The summed E-state index contributed by atoms with van der Waals surface area (Å²) < 4.78 is 5.31. The summed E-state index contributed by atoms with van der Waals surface area (Å²) in [5.74, 6) is 6.90. The summed E-state index contributed by atoms with van der Waals surface area (Å²) in [5.41, 5.74) is 6.87. The van der Waals surface area contributed by atoms with Gasteiger partial charge in [-0.1, -0.05) is 41.9 Å². The van der Waals surface area contributed by atoms with Crippen LogP contribution in [0, 0.1) is 0 Å². The summed E-state index contributed by atoms with van der Waals surface area (Å²) in [6, 6.07) is 14.5. The lowest BCUT2D eigenvalue weighted by atomic mass is 9.88. The Bertz CT molecular complexity index is 644. The number of hydrazine groups is 1. The number of benzene rings is 2. The van der Waals surface area contributed by atoms with E-state index in [0.717, 1.165) is 18.4 Å². The molecule has 2 unspecified atom stereocenters. The van der Waals surface area contributed by atoms with E-state index in [0.29, 0.717) is 16.7 Å². The van der Waals surface area contributed by atoms with Crippen molar-refractivity contribution >= 4 is 11.6 Å². The third-order valence-electron chi connectivity index (χ3n) is 4.30. The number of nitrogens with two attached hydrogens (primary N) is 1. The molecule has 3 N–H and O–H groups in total. The second-order valence-electron chi connectivity index (χ2n) is 5.38. The van der Waals surface area contributed by atoms with E-state index >= 15 is 0 Å². The zero-order valence-corrected chi connectivity index (χ0v) is 12.7. The third kappa shape index (κ3) is 2.64. The Hall–Kier alpha value is -1.55. The van der Waals surface area contributed by atoms with Crippen LogP contribution < -0.4 is 16.0 Å². The van der Waals surface area contributed by atoms with Gasteiger partial charge in [0.1, 0.15) is 5.75 Å². The second-order valence-corrected chi connectivity index (χ2v) is 5.79. The van der Waals surface area contributed by atoms with Crippen LogP contribution in [0.3, 0.4) is 0 Å². The zero-order chi connectivity index (χ0) is 14.8. The molecular formula is C17H19ClN2O. The van der Waals surface area contributed by atoms with Gasteiger partial charge in [0.2, 0.25) is 0 Å². The molecule has 0 radical (unpaired) electrons. The minimum atomic E-state index is 0.0554. The number of nitrogens with one attached hydrogen (secondary N) is 1. The molecule has 110 valence electrons. The number of fused-ring (bicyclic) bond motifs is 1. The fourth-order valence-electron chi connectivity index (χ4n) is 3.25. The smallest absolute Gasteiger partial charge is 0.137 e. The van der Waals surface area contributed by atoms with Crippen molar-refractivity contribution in [2.45, 2.75) is 24.8 Å². The maximum atomic E-state index is 6.11. The topological polar surface area (TPSA) is 47.3 Å². The van der Waals surface area contributed by atoms with Gasteiger partial charge in [0, 0.05) is 5.92 Å². The lowest BCUT2D eigenvalue weighted by Crippen LogP contribution is -2.32. The normalized spacial score (nSPS) is 18.3. The van der Waals surface area contributed by atoms with Crippen LogP contribution in [-0.4, -0.2) is 7.11 Å². The number of hydrogen-bond acceptors (Lipinski definition) is 3. The molecule has 1 aliphatic rings. The number of ether oxygens (including phenoxy) is 1. The fraction of sp³-hybridized carbons (Fsp3) is 0.294. The van der Waals surface area contributed by atoms with Gasteiger partial charge in [0.05, 0.1) is 18.2 Å². The van der Waals surface area contributed by atoms with Gasteiger partial charge >= 0.3 is 0 Å². The van der Waals surface area contributed by atoms with Crippen LogP contribution in [0.2, 0.25) is 5.02 Å². The van der Waals surface area contributed by atoms with E-state index in [1.165, 1.54) is 11.1 Å². The van der Waals surface area contributed by atoms with Gasteiger partial charge in [-0.05, 0) is 41.7 Å². The number of halogens is 1. The molecular weight excluding hydrogens is 284 g/mol. The highest BCUT2D eigenvalue weighted by Gasteiger charge is 2.30. The molecule has 0 heterocycles. The summed E-state index contributed by atoms with van der Waals surface area (Å²) in [6.07, 6.45) is 2.20. The van der Waals surface area contributed by atoms with Crippen LogP contribution in [0.25, 0.3) is 0 Å². The van der Waals surface area contributed by atoms with Crippen molar-refractivity contribution in [3.05, 3.63) is 64.2 Å². The monoisotopic (exact) mass is 302 g/mol. The molecule has 0 saturated heterocycles. The molecule has 4 heteroatoms. The van der Waals surface area contributed by atoms with Crippen molar-refractivity contribution in [2.75, 3.05) is 7.11 Å². The van der Waals surface area contributed by atoms with Gasteiger partial charge in [0.25, 0.3) is 0 Å². The summed E-state index contributed by atoms with van der Waals surface area (Å²) in [5, 5.41) is 0.615. The van der Waals surface area contributed by atoms with Gasteiger partial charge in [-0.3, -0.25) is 11.3 Å².